The maximum atomic E-state index is 13.8. The van der Waals surface area contributed by atoms with Crippen molar-refractivity contribution in [2.75, 3.05) is 19.6 Å². The van der Waals surface area contributed by atoms with Crippen molar-refractivity contribution < 1.29 is 57.1 Å². The minimum Gasteiger partial charge on any atom is -0.478 e. The van der Waals surface area contributed by atoms with E-state index in [9.17, 15) is 42.9 Å². The van der Waals surface area contributed by atoms with Crippen LogP contribution in [0, 0.1) is 0 Å². The third kappa shape index (κ3) is 12.5. The fraction of sp³-hybridized carbons (Fsp3) is 0.152. The summed E-state index contributed by atoms with van der Waals surface area (Å²) in [5.41, 5.74) is 7.66. The number of aryl methyl sites for hydroxylation is 2. The predicted octanol–water partition coefficient (Wildman–Crippen LogP) is 15.2. The number of carbonyl (C=O) groups is 3. The highest BCUT2D eigenvalue weighted by molar-refractivity contribution is 6.22. The second-order valence-corrected chi connectivity index (χ2v) is 19.9. The van der Waals surface area contributed by atoms with Gasteiger partial charge in [-0.05, 0) is 161 Å². The normalized spacial score (nSPS) is 14.9. The lowest BCUT2D eigenvalue weighted by atomic mass is 9.92. The van der Waals surface area contributed by atoms with Crippen molar-refractivity contribution in [1.82, 2.24) is 9.97 Å². The molecule has 0 saturated heterocycles. The molecular formula is C66H50F3N5O9. The van der Waals surface area contributed by atoms with Crippen LogP contribution in [0.5, 0.6) is 34.5 Å². The summed E-state index contributed by atoms with van der Waals surface area (Å²) in [7, 11) is 0. The number of carboxylic acids is 3. The first-order valence-electron chi connectivity index (χ1n) is 26.7. The molecule has 3 aliphatic heterocycles. The van der Waals surface area contributed by atoms with Gasteiger partial charge in [0.15, 0.2) is 0 Å². The average Bonchev–Trinajstić information content (AvgIpc) is 4.12. The molecule has 1 aromatic heterocycles. The minimum atomic E-state index is -1.17. The maximum Gasteiger partial charge on any atom is 0.339 e. The van der Waals surface area contributed by atoms with Gasteiger partial charge in [-0.1, -0.05) is 78.9 Å². The number of benzene rings is 7. The van der Waals surface area contributed by atoms with Crippen LogP contribution in [0.2, 0.25) is 0 Å². The van der Waals surface area contributed by atoms with Gasteiger partial charge < -0.3 is 29.5 Å². The van der Waals surface area contributed by atoms with Crippen LogP contribution >= 0.6 is 0 Å². The molecule has 13 rings (SSSR count). The van der Waals surface area contributed by atoms with Gasteiger partial charge in [-0.25, -0.2) is 14.4 Å². The van der Waals surface area contributed by atoms with Gasteiger partial charge in [-0.2, -0.15) is 13.2 Å². The molecule has 8 aromatic rings. The summed E-state index contributed by atoms with van der Waals surface area (Å²) in [5, 5.41) is 31.0. The Morgan fingerprint density at radius 1 is 0.482 bits per heavy atom. The monoisotopic (exact) mass is 1110 g/mol. The first kappa shape index (κ1) is 54.7. The van der Waals surface area contributed by atoms with E-state index in [1.165, 1.54) is 65.6 Å². The van der Waals surface area contributed by atoms with Crippen molar-refractivity contribution in [3.8, 4) is 45.8 Å². The van der Waals surface area contributed by atoms with Gasteiger partial charge in [0, 0.05) is 34.7 Å². The summed E-state index contributed by atoms with van der Waals surface area (Å²) in [6, 6.07) is 38.9. The highest BCUT2D eigenvalue weighted by Gasteiger charge is 2.26. The lowest BCUT2D eigenvalue weighted by Crippen LogP contribution is -2.04. The summed E-state index contributed by atoms with van der Waals surface area (Å²) in [4.78, 5) is 54.5. The van der Waals surface area contributed by atoms with Gasteiger partial charge in [-0.3, -0.25) is 24.9 Å². The summed E-state index contributed by atoms with van der Waals surface area (Å²) >= 11 is 0. The third-order valence-electron chi connectivity index (χ3n) is 14.4. The van der Waals surface area contributed by atoms with Crippen molar-refractivity contribution in [2.24, 2.45) is 15.0 Å². The predicted molar refractivity (Wildman–Crippen MR) is 311 cm³/mol. The topological polar surface area (TPSA) is 202 Å². The SMILES string of the molecule is O=C(O)c1cc(C2=CCN=C2F)ccc1Oc1ccc2c(C3CC3)cccc2c1.O=C(O)c1cc(C2=CCN=C2F)ccc1Oc1ccc2c(c1)CCCC2.O=C(O)c1cc(C2=CCN=C2F)ccc1Oc1cccc(-c2cnccn2)c1. The lowest BCUT2D eigenvalue weighted by Gasteiger charge is -2.17. The van der Waals surface area contributed by atoms with Crippen LogP contribution in [0.25, 0.3) is 38.7 Å². The van der Waals surface area contributed by atoms with E-state index in [0.29, 0.717) is 62.3 Å². The number of halogens is 3. The second kappa shape index (κ2) is 24.2. The summed E-state index contributed by atoms with van der Waals surface area (Å²) in [6.07, 6.45) is 16.6. The number of hydrogen-bond acceptors (Lipinski definition) is 11. The molecule has 2 aliphatic carbocycles. The molecular weight excluding hydrogens is 1060 g/mol. The number of aromatic carboxylic acids is 3. The Morgan fingerprint density at radius 3 is 1.46 bits per heavy atom. The first-order chi connectivity index (χ1) is 40.3. The Balaban J connectivity index is 0.000000130. The number of allylic oxidation sites excluding steroid dienone is 3. The Labute approximate surface area is 473 Å². The van der Waals surface area contributed by atoms with Crippen LogP contribution in [-0.2, 0) is 12.8 Å². The van der Waals surface area contributed by atoms with Crippen LogP contribution in [-0.4, -0.2) is 80.7 Å². The molecule has 0 atom stereocenters. The van der Waals surface area contributed by atoms with Gasteiger partial charge >= 0.3 is 17.9 Å². The number of fused-ring (bicyclic) bond motifs is 2. The molecule has 0 unspecified atom stereocenters. The van der Waals surface area contributed by atoms with E-state index in [4.69, 9.17) is 14.2 Å². The summed E-state index contributed by atoms with van der Waals surface area (Å²) < 4.78 is 58.8. The first-order valence-corrected chi connectivity index (χ1v) is 26.7. The number of ether oxygens (including phenoxy) is 3. The molecule has 3 N–H and O–H groups in total. The van der Waals surface area contributed by atoms with E-state index in [1.807, 2.05) is 54.6 Å². The van der Waals surface area contributed by atoms with Crippen LogP contribution in [0.4, 0.5) is 13.2 Å². The van der Waals surface area contributed by atoms with E-state index in [0.717, 1.165) is 30.2 Å². The van der Waals surface area contributed by atoms with E-state index in [2.05, 4.69) is 31.0 Å². The smallest absolute Gasteiger partial charge is 0.339 e. The summed E-state index contributed by atoms with van der Waals surface area (Å²) in [6.45, 7) is 0.787. The van der Waals surface area contributed by atoms with Crippen molar-refractivity contribution in [3.05, 3.63) is 220 Å². The van der Waals surface area contributed by atoms with Crippen molar-refractivity contribution in [2.45, 2.75) is 44.4 Å². The van der Waals surface area contributed by atoms with Gasteiger partial charge in [-0.15, -0.1) is 0 Å². The zero-order chi connectivity index (χ0) is 57.6. The molecule has 14 nitrogen and oxygen atoms in total. The number of nitrogens with zero attached hydrogens (tertiary/aromatic N) is 5. The molecule has 4 heterocycles. The van der Waals surface area contributed by atoms with E-state index in [-0.39, 0.29) is 53.6 Å². The molecule has 7 aromatic carbocycles. The molecule has 1 fully saturated rings. The van der Waals surface area contributed by atoms with E-state index >= 15 is 0 Å². The third-order valence-corrected chi connectivity index (χ3v) is 14.4. The lowest BCUT2D eigenvalue weighted by molar-refractivity contribution is 0.0683. The zero-order valence-electron chi connectivity index (χ0n) is 44.3. The number of aromatic nitrogens is 2. The van der Waals surface area contributed by atoms with Crippen LogP contribution < -0.4 is 14.2 Å². The fourth-order valence-corrected chi connectivity index (χ4v) is 10.2. The van der Waals surface area contributed by atoms with Crippen LogP contribution in [0.1, 0.15) is 96.1 Å². The highest BCUT2D eigenvalue weighted by atomic mass is 19.1. The second-order valence-electron chi connectivity index (χ2n) is 19.9. The molecule has 0 radical (unpaired) electrons. The molecule has 0 spiro atoms. The number of aliphatic imine (C=N–C) groups is 3. The fourth-order valence-electron chi connectivity index (χ4n) is 10.2. The Bertz CT molecular complexity index is 4090. The number of carboxylic acid groups (broad SMARTS) is 3. The maximum absolute atomic E-state index is 13.8. The molecule has 414 valence electrons. The molecule has 17 heteroatoms. The highest BCUT2D eigenvalue weighted by Crippen LogP contribution is 2.44. The van der Waals surface area contributed by atoms with Crippen molar-refractivity contribution in [1.29, 1.82) is 0 Å². The Hall–Kier alpha value is -10.3. The minimum absolute atomic E-state index is 0.000760. The standard InChI is InChI=1S/C24H18FNO3.C21H14FN3O3.C21H18FNO3/c25-23-20(10-11-26-23)16-6-9-22(21(13-16)24(27)28)29-17-7-8-19-15(12-17)2-1-3-18(19)14-4-5-14;22-20-16(6-7-25-20)13-4-5-19(17(11-13)21(26)27)28-15-3-1-2-14(10-15)18-12-23-8-9-24-18;22-20-17(9-10-23-20)15-6-8-19(18(12-15)21(24)25)26-16-7-5-13-3-1-2-4-14(13)11-16/h1-3,6-10,12-14H,4-5,11H2,(H,27,28);1-6,8-12H,7H2,(H,26,27);5-9,11-12H,1-4,10H2,(H,24,25). The number of rotatable bonds is 14. The molecule has 1 saturated carbocycles. The Morgan fingerprint density at radius 2 is 0.976 bits per heavy atom. The van der Waals surface area contributed by atoms with Gasteiger partial charge in [0.2, 0.25) is 17.9 Å². The van der Waals surface area contributed by atoms with Gasteiger partial charge in [0.1, 0.15) is 51.2 Å². The van der Waals surface area contributed by atoms with Gasteiger partial charge in [0.05, 0.1) is 31.5 Å². The Kier molecular flexibility index (Phi) is 15.9. The van der Waals surface area contributed by atoms with Crippen molar-refractivity contribution >= 4 is 63.3 Å². The van der Waals surface area contributed by atoms with E-state index < -0.39 is 35.8 Å². The average molecular weight is 1110 g/mol. The van der Waals surface area contributed by atoms with Crippen molar-refractivity contribution in [3.63, 3.8) is 0 Å². The summed E-state index contributed by atoms with van der Waals surface area (Å²) in [5.74, 6) is -2.25. The van der Waals surface area contributed by atoms with E-state index in [1.54, 1.807) is 85.3 Å². The quantitative estimate of drug-likeness (QED) is 0.0935. The largest absolute Gasteiger partial charge is 0.478 e. The molecule has 83 heavy (non-hydrogen) atoms. The molecule has 0 amide bonds. The van der Waals surface area contributed by atoms with Crippen LogP contribution in [0.15, 0.2) is 185 Å². The zero-order valence-corrected chi connectivity index (χ0v) is 44.3. The van der Waals surface area contributed by atoms with Gasteiger partial charge in [0.25, 0.3) is 0 Å². The molecule has 0 bridgehead atoms. The number of hydrogen-bond donors (Lipinski definition) is 3. The molecule has 5 aliphatic rings. The van der Waals surface area contributed by atoms with Crippen LogP contribution in [0.3, 0.4) is 0 Å².